The van der Waals surface area contributed by atoms with Crippen LogP contribution in [0.2, 0.25) is 0 Å². The van der Waals surface area contributed by atoms with Crippen LogP contribution in [0.25, 0.3) is 0 Å². The van der Waals surface area contributed by atoms with E-state index in [4.69, 9.17) is 4.74 Å². The lowest BCUT2D eigenvalue weighted by atomic mass is 10.0. The number of hydrogen-bond acceptors (Lipinski definition) is 22. The lowest BCUT2D eigenvalue weighted by molar-refractivity contribution is -0.385. The van der Waals surface area contributed by atoms with E-state index in [0.29, 0.717) is 92.0 Å². The zero-order chi connectivity index (χ0) is 103. The number of nitrogens with zero attached hydrogens (tertiary/aromatic N) is 10. The number of hydrogen-bond donors (Lipinski definition) is 3. The molecule has 39 heteroatoms. The maximum absolute atomic E-state index is 14.2. The molecule has 1 atom stereocenters. The number of piperazine rings is 1. The molecule has 1 unspecified atom stereocenters. The molecule has 16 rings (SSSR count). The number of pyridine rings is 2. The molecule has 5 amide bonds. The number of amidine groups is 1. The van der Waals surface area contributed by atoms with E-state index >= 15 is 0 Å². The lowest BCUT2D eigenvalue weighted by Gasteiger charge is -2.30. The first-order valence-electron chi connectivity index (χ1n) is 44.3. The Morgan fingerprint density at radius 3 is 1.65 bits per heavy atom. The first kappa shape index (κ1) is 111. The molecule has 0 saturated carbocycles. The minimum Gasteiger partial charge on any atom is -0.870 e. The highest BCUT2D eigenvalue weighted by Crippen LogP contribution is 2.36. The smallest absolute Gasteiger partial charge is 0.312 e. The number of aryl methyl sites for hydroxylation is 2. The largest absolute Gasteiger partial charge is 0.870 e. The molecule has 29 nitrogen and oxygen atoms in total. The summed E-state index contributed by atoms with van der Waals surface area (Å²) in [5.74, 6) is -6.36. The van der Waals surface area contributed by atoms with Gasteiger partial charge >= 0.3 is 11.8 Å². The topological polar surface area (TPSA) is 390 Å². The molecular formula is C105H95Br4F2N13O16S4. The van der Waals surface area contributed by atoms with Crippen LogP contribution in [0.5, 0.6) is 5.75 Å². The minimum absolute atomic E-state index is 0. The number of rotatable bonds is 30. The molecule has 14 aromatic rings. The summed E-state index contributed by atoms with van der Waals surface area (Å²) in [6.45, 7) is 15.3. The Bertz CT molecular complexity index is 7460. The van der Waals surface area contributed by atoms with E-state index in [1.165, 1.54) is 64.7 Å². The van der Waals surface area contributed by atoms with Crippen LogP contribution in [-0.4, -0.2) is 109 Å². The standard InChI is InChI=1S/C24H23N3O4.C22H19F2N3O4.C21H21NO2S2.C19H15Br3N2OS.C19H15BrN4O4S.H2O/c28-21-13-20(15-26-12-11-25-23(29)24(26)30)27(14-18-7-3-1-4-8-18)16-22(21)31-17-19-9-5-2-6-10-19;1-13(28)11-25-20(29)19-21(30)26-18(9-15-7-8-16(23)10-17(15)24)27(22(19)31)12-14-5-3-2-4-6-14;1-13-10-22(11-17-8-6-5-7-9-17)20(15(3)18(13)23)26-21-16(4)19(24)14(2)12-25-21;1-12-17(22)18(25)23-19(26-11-14-7-3-5-9-16(14)21)24(12)10-13-6-2-4-8-15(13)20;1-12-17(20)18(25)21-19(29-11-14-7-2-4-8-15(14)22-26)23(12)10-13-6-3-5-9-16(13)24(27)28;/h1-10,13,16H,11-12,14-15,17H2,(H,25,29);2-8,10,19H,9,11-12H2,1H3,(H,25,29);5-10,12H,11H2,1-4H3;2-9H,10-11H2,1H3;2-9H,10-11H2,1H3;1H2. The van der Waals surface area contributed by atoms with Crippen molar-refractivity contribution >= 4 is 163 Å². The van der Waals surface area contributed by atoms with Crippen molar-refractivity contribution in [1.29, 1.82) is 0 Å². The van der Waals surface area contributed by atoms with Crippen LogP contribution in [0.3, 0.4) is 0 Å². The minimum atomic E-state index is -1.75. The van der Waals surface area contributed by atoms with E-state index in [0.717, 1.165) is 85.1 Å². The molecule has 1 fully saturated rings. The monoisotopic (exact) mass is 2280 g/mol. The molecule has 742 valence electrons. The van der Waals surface area contributed by atoms with E-state index in [1.54, 1.807) is 101 Å². The molecule has 144 heavy (non-hydrogen) atoms. The summed E-state index contributed by atoms with van der Waals surface area (Å²) in [4.78, 5) is 172. The van der Waals surface area contributed by atoms with Crippen LogP contribution in [-0.2, 0) is 92.6 Å². The average Bonchev–Trinajstić information content (AvgIpc) is 0.773. The number of aromatic nitrogens is 6. The highest BCUT2D eigenvalue weighted by molar-refractivity contribution is 9.11. The Labute approximate surface area is 876 Å². The summed E-state index contributed by atoms with van der Waals surface area (Å²) in [6, 6.07) is 72.5. The molecule has 1 saturated heterocycles. The molecular weight excluding hydrogens is 2190 g/mol. The Kier molecular flexibility index (Phi) is 40.9. The van der Waals surface area contributed by atoms with Gasteiger partial charge in [-0.25, -0.2) is 8.78 Å². The van der Waals surface area contributed by atoms with Crippen molar-refractivity contribution in [3.8, 4) is 5.75 Å². The van der Waals surface area contributed by atoms with Crippen LogP contribution >= 0.6 is 110 Å². The molecule has 2 aliphatic heterocycles. The van der Waals surface area contributed by atoms with Gasteiger partial charge in [-0.3, -0.25) is 67.8 Å². The summed E-state index contributed by atoms with van der Waals surface area (Å²) in [5, 5.41) is 22.0. The van der Waals surface area contributed by atoms with Crippen molar-refractivity contribution in [2.45, 2.75) is 132 Å². The number of carbonyl (C=O) groups excluding carboxylic acids is 6. The van der Waals surface area contributed by atoms with Crippen molar-refractivity contribution in [3.63, 3.8) is 0 Å². The molecule has 2 aliphatic rings. The molecule has 7 heterocycles. The van der Waals surface area contributed by atoms with Gasteiger partial charge in [-0.15, -0.1) is 11.3 Å². The number of amides is 5. The fraction of sp³-hybridized carbons (Fsp3) is 0.200. The normalized spacial score (nSPS) is 12.5. The fourth-order valence-corrected chi connectivity index (χ4v) is 20.5. The molecule has 4 N–H and O–H groups in total. The van der Waals surface area contributed by atoms with E-state index in [9.17, 15) is 76.5 Å². The van der Waals surface area contributed by atoms with E-state index < -0.39 is 57.6 Å². The molecule has 0 spiro atoms. The summed E-state index contributed by atoms with van der Waals surface area (Å²) < 4.78 is 44.9. The van der Waals surface area contributed by atoms with Gasteiger partial charge in [-0.05, 0) is 143 Å². The Hall–Kier alpha value is -13.5. The number of ether oxygens (including phenoxy) is 1. The predicted octanol–water partition coefficient (Wildman–Crippen LogP) is 17.5. The van der Waals surface area contributed by atoms with Gasteiger partial charge in [0.25, 0.3) is 34.3 Å². The van der Waals surface area contributed by atoms with Gasteiger partial charge in [-0.1, -0.05) is 267 Å². The Morgan fingerprint density at radius 1 is 0.576 bits per heavy atom. The number of nitro groups is 1. The summed E-state index contributed by atoms with van der Waals surface area (Å²) in [7, 11) is 0. The van der Waals surface area contributed by atoms with Crippen LogP contribution in [0.15, 0.2) is 327 Å². The zero-order valence-corrected chi connectivity index (χ0v) is 88.1. The Balaban J connectivity index is 0.000000172. The average molecular weight is 2280 g/mol. The SMILES string of the molecule is CC(=O)CNC(=O)C1C(=O)N=C(Cc2ccc(F)cc2F)N(Cc2ccccc2)C1=O.Cc1c(Br)c(=O)nc(SCc2ccccc2Br)n1Cc1ccccc1Br.Cc1c(Br)c(=O)nc(SCc2ccccc2[NH+]=O)n1Cc1ccccc1[N+](=O)[O-].Cc1csc(Sc2c(C)c(=O)c(C)cn2Cc2ccccc2)c(C)c1=O.O=C1NCCN(Cc2cc(=O)c(OCc3ccccc3)cn2Cc2ccccc2)C1=O.[OH-]. The third-order valence-electron chi connectivity index (χ3n) is 22.4. The number of Topliss-reactive ketones (excluding diaryl/α,β-unsaturated/α-hetero) is 1. The Morgan fingerprint density at radius 2 is 1.08 bits per heavy atom. The zero-order valence-electron chi connectivity index (χ0n) is 78.5. The second-order valence-electron chi connectivity index (χ2n) is 32.6. The quantitative estimate of drug-likeness (QED) is 0.00940. The van der Waals surface area contributed by atoms with Crippen LogP contribution < -0.4 is 48.0 Å². The number of nitrogens with one attached hydrogen (secondary N) is 3. The first-order chi connectivity index (χ1) is 68.6. The van der Waals surface area contributed by atoms with Gasteiger partial charge in [-0.2, -0.15) is 15.0 Å². The third kappa shape index (κ3) is 29.9. The predicted molar refractivity (Wildman–Crippen MR) is 565 cm³/mol. The highest BCUT2D eigenvalue weighted by Gasteiger charge is 2.43. The van der Waals surface area contributed by atoms with Crippen molar-refractivity contribution in [2.24, 2.45) is 10.9 Å². The van der Waals surface area contributed by atoms with Crippen LogP contribution in [0.4, 0.5) is 20.2 Å². The second kappa shape index (κ2) is 53.2. The lowest BCUT2D eigenvalue weighted by Crippen LogP contribution is -2.56. The number of thioether (sulfide) groups is 2. The summed E-state index contributed by atoms with van der Waals surface area (Å²) in [6.07, 6.45) is 3.34. The number of nitroso groups, excluding NO2 is 1. The van der Waals surface area contributed by atoms with Gasteiger partial charge in [0.15, 0.2) is 32.8 Å². The van der Waals surface area contributed by atoms with E-state index in [-0.39, 0.29) is 95.1 Å². The fourth-order valence-electron chi connectivity index (χ4n) is 14.7. The van der Waals surface area contributed by atoms with E-state index in [1.807, 2.05) is 183 Å². The van der Waals surface area contributed by atoms with Gasteiger partial charge in [0, 0.05) is 144 Å². The van der Waals surface area contributed by atoms with Crippen molar-refractivity contribution in [2.75, 3.05) is 19.6 Å². The number of carbonyl (C=O) groups is 6. The molecule has 0 bridgehead atoms. The number of nitro benzene ring substituents is 1. The van der Waals surface area contributed by atoms with Crippen LogP contribution in [0.1, 0.15) is 96.3 Å². The van der Waals surface area contributed by atoms with Gasteiger partial charge in [0.2, 0.25) is 11.3 Å². The van der Waals surface area contributed by atoms with Crippen LogP contribution in [0, 0.1) is 74.1 Å². The maximum atomic E-state index is 14.2. The van der Waals surface area contributed by atoms with E-state index in [2.05, 4.69) is 123 Å². The van der Waals surface area contributed by atoms with Crippen molar-refractivity contribution in [3.05, 3.63) is 446 Å². The number of para-hydroxylation sites is 2. The first-order valence-corrected chi connectivity index (χ1v) is 51.1. The van der Waals surface area contributed by atoms with Crippen molar-refractivity contribution in [1.82, 2.24) is 48.7 Å². The number of ketones is 1. The molecule has 0 aliphatic carbocycles. The third-order valence-corrected chi connectivity index (χ3v) is 30.6. The number of aliphatic imine (C=N–C) groups is 1. The van der Waals surface area contributed by atoms with Gasteiger partial charge < -0.3 is 44.0 Å². The van der Waals surface area contributed by atoms with Gasteiger partial charge in [0.05, 0.1) is 53.1 Å². The molecule has 9 aromatic carbocycles. The second-order valence-corrected chi connectivity index (χ2v) is 39.9. The van der Waals surface area contributed by atoms with Gasteiger partial charge in [0.1, 0.15) is 38.8 Å². The molecule has 0 radical (unpaired) electrons. The maximum Gasteiger partial charge on any atom is 0.312 e. The van der Waals surface area contributed by atoms with Crippen molar-refractivity contribution < 1.29 is 57.9 Å². The number of benzene rings is 9. The highest BCUT2D eigenvalue weighted by atomic mass is 79.9. The summed E-state index contributed by atoms with van der Waals surface area (Å²) in [5.41, 5.74) is 12.3. The summed E-state index contributed by atoms with van der Waals surface area (Å²) >= 11 is 19.7. The molecule has 5 aromatic heterocycles. The number of halogens is 6.